The van der Waals surface area contributed by atoms with Gasteiger partial charge in [0.25, 0.3) is 0 Å². The summed E-state index contributed by atoms with van der Waals surface area (Å²) in [5, 5.41) is 0.639. The Morgan fingerprint density at radius 2 is 2.00 bits per heavy atom. The minimum absolute atomic E-state index is 0.639. The fourth-order valence-corrected chi connectivity index (χ4v) is 2.52. The summed E-state index contributed by atoms with van der Waals surface area (Å²) in [6.07, 6.45) is 0. The van der Waals surface area contributed by atoms with E-state index in [1.807, 2.05) is 30.3 Å². The lowest BCUT2D eigenvalue weighted by Crippen LogP contribution is -2.00. The Morgan fingerprint density at radius 1 is 1.21 bits per heavy atom. The first-order chi connectivity index (χ1) is 9.20. The molecule has 0 saturated heterocycles. The minimum Gasteiger partial charge on any atom is -0.398 e. The zero-order valence-corrected chi connectivity index (χ0v) is 11.4. The smallest absolute Gasteiger partial charge is 0.143 e. The number of hydrogen-bond donors (Lipinski definition) is 1. The van der Waals surface area contributed by atoms with Crippen molar-refractivity contribution in [1.82, 2.24) is 9.55 Å². The van der Waals surface area contributed by atoms with Crippen LogP contribution in [0.3, 0.4) is 0 Å². The standard InChI is InChI=1S/C15H14ClN3/c1-2-19-14-6-4-3-5-13(14)18-15(19)11-8-7-10(16)9-12(11)17/h3-9H,2,17H2,1H3. The van der Waals surface area contributed by atoms with Gasteiger partial charge in [0.05, 0.1) is 11.0 Å². The summed E-state index contributed by atoms with van der Waals surface area (Å²) in [5.74, 6) is 0.887. The lowest BCUT2D eigenvalue weighted by Gasteiger charge is -2.08. The second-order valence-corrected chi connectivity index (χ2v) is 4.84. The van der Waals surface area contributed by atoms with Crippen LogP contribution in [0.2, 0.25) is 5.02 Å². The number of rotatable bonds is 2. The number of fused-ring (bicyclic) bond motifs is 1. The molecule has 2 aromatic carbocycles. The fraction of sp³-hybridized carbons (Fsp3) is 0.133. The summed E-state index contributed by atoms with van der Waals surface area (Å²) in [4.78, 5) is 4.68. The van der Waals surface area contributed by atoms with E-state index in [1.54, 1.807) is 6.07 Å². The third-order valence-corrected chi connectivity index (χ3v) is 3.46. The van der Waals surface area contributed by atoms with Gasteiger partial charge in [0, 0.05) is 22.8 Å². The van der Waals surface area contributed by atoms with E-state index in [2.05, 4.69) is 22.5 Å². The zero-order chi connectivity index (χ0) is 13.4. The van der Waals surface area contributed by atoms with Gasteiger partial charge in [-0.15, -0.1) is 0 Å². The molecule has 0 unspecified atom stereocenters. The van der Waals surface area contributed by atoms with Crippen molar-refractivity contribution in [3.63, 3.8) is 0 Å². The molecule has 0 saturated carbocycles. The number of aryl methyl sites for hydroxylation is 1. The molecule has 1 heterocycles. The van der Waals surface area contributed by atoms with Crippen LogP contribution in [-0.4, -0.2) is 9.55 Å². The van der Waals surface area contributed by atoms with Gasteiger partial charge in [0.2, 0.25) is 0 Å². The van der Waals surface area contributed by atoms with Gasteiger partial charge in [0.15, 0.2) is 0 Å². The fourth-order valence-electron chi connectivity index (χ4n) is 2.34. The molecule has 0 atom stereocenters. The van der Waals surface area contributed by atoms with E-state index in [1.165, 1.54) is 0 Å². The summed E-state index contributed by atoms with van der Waals surface area (Å²) in [6.45, 7) is 2.95. The molecule has 96 valence electrons. The number of nitrogens with zero attached hydrogens (tertiary/aromatic N) is 2. The molecule has 19 heavy (non-hydrogen) atoms. The Bertz CT molecular complexity index is 746. The molecule has 3 nitrogen and oxygen atoms in total. The highest BCUT2D eigenvalue weighted by atomic mass is 35.5. The second-order valence-electron chi connectivity index (χ2n) is 4.40. The van der Waals surface area contributed by atoms with Gasteiger partial charge in [0.1, 0.15) is 5.82 Å². The van der Waals surface area contributed by atoms with Crippen LogP contribution in [0.25, 0.3) is 22.4 Å². The van der Waals surface area contributed by atoms with E-state index in [4.69, 9.17) is 17.3 Å². The molecule has 0 bridgehead atoms. The molecule has 0 amide bonds. The average Bonchev–Trinajstić information content (AvgIpc) is 2.76. The molecule has 1 aromatic heterocycles. The number of nitrogens with two attached hydrogens (primary N) is 1. The summed E-state index contributed by atoms with van der Waals surface area (Å²) < 4.78 is 2.16. The van der Waals surface area contributed by atoms with Gasteiger partial charge in [-0.05, 0) is 37.3 Å². The number of halogens is 1. The van der Waals surface area contributed by atoms with E-state index >= 15 is 0 Å². The van der Waals surface area contributed by atoms with Gasteiger partial charge < -0.3 is 10.3 Å². The quantitative estimate of drug-likeness (QED) is 0.717. The van der Waals surface area contributed by atoms with Gasteiger partial charge in [-0.25, -0.2) is 4.98 Å². The first kappa shape index (κ1) is 12.1. The van der Waals surface area contributed by atoms with E-state index in [0.29, 0.717) is 10.7 Å². The highest BCUT2D eigenvalue weighted by molar-refractivity contribution is 6.31. The summed E-state index contributed by atoms with van der Waals surface area (Å²) in [6, 6.07) is 13.6. The normalized spacial score (nSPS) is 11.1. The van der Waals surface area contributed by atoms with E-state index in [0.717, 1.165) is 29.0 Å². The number of para-hydroxylation sites is 2. The van der Waals surface area contributed by atoms with Crippen LogP contribution in [0, 0.1) is 0 Å². The number of imidazole rings is 1. The number of aromatic nitrogens is 2. The van der Waals surface area contributed by atoms with Crippen molar-refractivity contribution in [2.75, 3.05) is 5.73 Å². The molecule has 2 N–H and O–H groups in total. The van der Waals surface area contributed by atoms with Gasteiger partial charge >= 0.3 is 0 Å². The van der Waals surface area contributed by atoms with Crippen LogP contribution in [0.5, 0.6) is 0 Å². The third-order valence-electron chi connectivity index (χ3n) is 3.23. The predicted octanol–water partition coefficient (Wildman–Crippen LogP) is 3.96. The van der Waals surface area contributed by atoms with Crippen LogP contribution in [0.15, 0.2) is 42.5 Å². The molecular weight excluding hydrogens is 258 g/mol. The largest absolute Gasteiger partial charge is 0.398 e. The van der Waals surface area contributed by atoms with Crippen molar-refractivity contribution >= 4 is 28.3 Å². The molecule has 0 aliphatic carbocycles. The number of anilines is 1. The van der Waals surface area contributed by atoms with Crippen molar-refractivity contribution in [3.05, 3.63) is 47.5 Å². The van der Waals surface area contributed by atoms with Crippen LogP contribution in [-0.2, 0) is 6.54 Å². The topological polar surface area (TPSA) is 43.8 Å². The Hall–Kier alpha value is -2.00. The van der Waals surface area contributed by atoms with E-state index in [-0.39, 0.29) is 0 Å². The van der Waals surface area contributed by atoms with Crippen LogP contribution >= 0.6 is 11.6 Å². The summed E-state index contributed by atoms with van der Waals surface area (Å²) >= 11 is 5.95. The Balaban J connectivity index is 2.30. The van der Waals surface area contributed by atoms with Crippen molar-refractivity contribution in [2.45, 2.75) is 13.5 Å². The number of nitrogen functional groups attached to an aromatic ring is 1. The molecule has 0 spiro atoms. The maximum absolute atomic E-state index is 6.06. The van der Waals surface area contributed by atoms with Crippen molar-refractivity contribution in [2.24, 2.45) is 0 Å². The molecule has 0 aliphatic rings. The lowest BCUT2D eigenvalue weighted by molar-refractivity contribution is 0.796. The average molecular weight is 272 g/mol. The van der Waals surface area contributed by atoms with Gasteiger partial charge in [-0.2, -0.15) is 0 Å². The minimum atomic E-state index is 0.639. The molecular formula is C15H14ClN3. The predicted molar refractivity (Wildman–Crippen MR) is 80.3 cm³/mol. The molecule has 0 aliphatic heterocycles. The van der Waals surface area contributed by atoms with Crippen LogP contribution in [0.4, 0.5) is 5.69 Å². The van der Waals surface area contributed by atoms with E-state index in [9.17, 15) is 0 Å². The monoisotopic (exact) mass is 271 g/mol. The molecule has 3 aromatic rings. The summed E-state index contributed by atoms with van der Waals surface area (Å²) in [7, 11) is 0. The number of hydrogen-bond acceptors (Lipinski definition) is 2. The van der Waals surface area contributed by atoms with Crippen molar-refractivity contribution in [3.8, 4) is 11.4 Å². The highest BCUT2D eigenvalue weighted by Crippen LogP contribution is 2.30. The molecule has 0 radical (unpaired) electrons. The first-order valence-corrected chi connectivity index (χ1v) is 6.59. The van der Waals surface area contributed by atoms with Crippen LogP contribution in [0.1, 0.15) is 6.92 Å². The van der Waals surface area contributed by atoms with E-state index < -0.39 is 0 Å². The van der Waals surface area contributed by atoms with Crippen LogP contribution < -0.4 is 5.73 Å². The van der Waals surface area contributed by atoms with Gasteiger partial charge in [-0.1, -0.05) is 23.7 Å². The first-order valence-electron chi connectivity index (χ1n) is 6.21. The third kappa shape index (κ3) is 1.96. The highest BCUT2D eigenvalue weighted by Gasteiger charge is 2.13. The summed E-state index contributed by atoms with van der Waals surface area (Å²) in [5.41, 5.74) is 9.73. The molecule has 4 heteroatoms. The maximum atomic E-state index is 6.06. The lowest BCUT2D eigenvalue weighted by atomic mass is 10.1. The van der Waals surface area contributed by atoms with Gasteiger partial charge in [-0.3, -0.25) is 0 Å². The van der Waals surface area contributed by atoms with Crippen molar-refractivity contribution in [1.29, 1.82) is 0 Å². The molecule has 0 fully saturated rings. The number of benzene rings is 2. The Morgan fingerprint density at radius 3 is 2.74 bits per heavy atom. The zero-order valence-electron chi connectivity index (χ0n) is 10.6. The maximum Gasteiger partial charge on any atom is 0.143 e. The Labute approximate surface area is 116 Å². The molecule has 3 rings (SSSR count). The SMILES string of the molecule is CCn1c(-c2ccc(Cl)cc2N)nc2ccccc21. The Kier molecular flexibility index (Phi) is 2.91. The second kappa shape index (κ2) is 4.59. The van der Waals surface area contributed by atoms with Crippen molar-refractivity contribution < 1.29 is 0 Å².